The largest absolute Gasteiger partial charge is 0.494 e. The molecule has 0 bridgehead atoms. The zero-order valence-corrected chi connectivity index (χ0v) is 16.1. The molecule has 2 heterocycles. The molecule has 4 rings (SSSR count). The first-order valence-electron chi connectivity index (χ1n) is 8.76. The third kappa shape index (κ3) is 2.82. The summed E-state index contributed by atoms with van der Waals surface area (Å²) in [5.41, 5.74) is 2.52. The second-order valence-electron chi connectivity index (χ2n) is 6.26. The second kappa shape index (κ2) is 7.02. The van der Waals surface area contributed by atoms with Gasteiger partial charge in [-0.1, -0.05) is 34.1 Å². The molecule has 2 aliphatic heterocycles. The number of carbonyl (C=O) groups excluding carboxylic acids is 1. The monoisotopic (exact) mass is 417 g/mol. The SMILES string of the molecule is CCOc1ccccc1CN1C(=O)C2(OCCCO2)c2cc(Br)ccc21. The van der Waals surface area contributed by atoms with Crippen LogP contribution in [0.4, 0.5) is 5.69 Å². The van der Waals surface area contributed by atoms with E-state index in [9.17, 15) is 4.79 Å². The Balaban J connectivity index is 1.75. The topological polar surface area (TPSA) is 48.0 Å². The maximum atomic E-state index is 13.3. The van der Waals surface area contributed by atoms with Crippen molar-refractivity contribution in [1.82, 2.24) is 0 Å². The Hall–Kier alpha value is -1.89. The van der Waals surface area contributed by atoms with Crippen molar-refractivity contribution in [2.24, 2.45) is 0 Å². The number of hydrogen-bond donors (Lipinski definition) is 0. The summed E-state index contributed by atoms with van der Waals surface area (Å²) in [6.45, 7) is 3.92. The van der Waals surface area contributed by atoms with Gasteiger partial charge in [-0.15, -0.1) is 0 Å². The Morgan fingerprint density at radius 1 is 1.19 bits per heavy atom. The van der Waals surface area contributed by atoms with Crippen LogP contribution in [0.1, 0.15) is 24.5 Å². The summed E-state index contributed by atoms with van der Waals surface area (Å²) < 4.78 is 18.4. The molecule has 2 aromatic rings. The smallest absolute Gasteiger partial charge is 0.292 e. The van der Waals surface area contributed by atoms with Gasteiger partial charge in [-0.3, -0.25) is 4.79 Å². The number of rotatable bonds is 4. The molecular weight excluding hydrogens is 398 g/mol. The maximum Gasteiger partial charge on any atom is 0.292 e. The van der Waals surface area contributed by atoms with Crippen molar-refractivity contribution in [2.45, 2.75) is 25.7 Å². The van der Waals surface area contributed by atoms with Gasteiger partial charge < -0.3 is 19.1 Å². The molecule has 26 heavy (non-hydrogen) atoms. The summed E-state index contributed by atoms with van der Waals surface area (Å²) in [6, 6.07) is 13.5. The van der Waals surface area contributed by atoms with Crippen LogP contribution in [0.5, 0.6) is 5.75 Å². The average molecular weight is 418 g/mol. The summed E-state index contributed by atoms with van der Waals surface area (Å²) in [5, 5.41) is 0. The van der Waals surface area contributed by atoms with E-state index in [0.717, 1.165) is 33.5 Å². The molecule has 0 atom stereocenters. The molecule has 5 nitrogen and oxygen atoms in total. The molecular formula is C20H20BrNO4. The standard InChI is InChI=1S/C20H20BrNO4/c1-2-24-18-7-4-3-6-14(18)13-22-17-9-8-15(21)12-16(17)20(19(22)23)25-10-5-11-26-20/h3-4,6-9,12H,2,5,10-11,13H2,1H3. The van der Waals surface area contributed by atoms with Crippen LogP contribution in [0.3, 0.4) is 0 Å². The van der Waals surface area contributed by atoms with E-state index in [0.29, 0.717) is 26.4 Å². The van der Waals surface area contributed by atoms with Crippen LogP contribution in [-0.2, 0) is 26.6 Å². The number of nitrogens with zero attached hydrogens (tertiary/aromatic N) is 1. The lowest BCUT2D eigenvalue weighted by atomic mass is 10.1. The maximum absolute atomic E-state index is 13.3. The summed E-state index contributed by atoms with van der Waals surface area (Å²) in [4.78, 5) is 15.1. The molecule has 0 N–H and O–H groups in total. The van der Waals surface area contributed by atoms with Crippen molar-refractivity contribution in [3.8, 4) is 5.75 Å². The Morgan fingerprint density at radius 3 is 2.73 bits per heavy atom. The zero-order valence-electron chi connectivity index (χ0n) is 14.5. The molecule has 0 unspecified atom stereocenters. The molecule has 1 fully saturated rings. The van der Waals surface area contributed by atoms with E-state index in [4.69, 9.17) is 14.2 Å². The van der Waals surface area contributed by atoms with E-state index in [1.165, 1.54) is 0 Å². The average Bonchev–Trinajstić information content (AvgIpc) is 2.87. The van der Waals surface area contributed by atoms with Crippen molar-refractivity contribution in [3.05, 3.63) is 58.1 Å². The van der Waals surface area contributed by atoms with Crippen LogP contribution in [0.15, 0.2) is 46.9 Å². The van der Waals surface area contributed by atoms with E-state index in [2.05, 4.69) is 15.9 Å². The summed E-state index contributed by atoms with van der Waals surface area (Å²) >= 11 is 3.49. The molecule has 0 aromatic heterocycles. The van der Waals surface area contributed by atoms with Crippen LogP contribution >= 0.6 is 15.9 Å². The predicted molar refractivity (Wildman–Crippen MR) is 101 cm³/mol. The number of fused-ring (bicyclic) bond motifs is 2. The van der Waals surface area contributed by atoms with Crippen molar-refractivity contribution in [2.75, 3.05) is 24.7 Å². The first-order chi connectivity index (χ1) is 12.7. The summed E-state index contributed by atoms with van der Waals surface area (Å²) in [6.07, 6.45) is 0.783. The minimum absolute atomic E-state index is 0.184. The van der Waals surface area contributed by atoms with Gasteiger partial charge >= 0.3 is 0 Å². The second-order valence-corrected chi connectivity index (χ2v) is 7.18. The van der Waals surface area contributed by atoms with Gasteiger partial charge in [0.1, 0.15) is 5.75 Å². The van der Waals surface area contributed by atoms with Gasteiger partial charge in [-0.2, -0.15) is 0 Å². The zero-order chi connectivity index (χ0) is 18.1. The highest BCUT2D eigenvalue weighted by Gasteiger charge is 2.55. The first kappa shape index (κ1) is 17.5. The van der Waals surface area contributed by atoms with Crippen molar-refractivity contribution < 1.29 is 19.0 Å². The van der Waals surface area contributed by atoms with Gasteiger partial charge in [0.2, 0.25) is 0 Å². The fraction of sp³-hybridized carbons (Fsp3) is 0.350. The molecule has 2 aliphatic rings. The molecule has 6 heteroatoms. The van der Waals surface area contributed by atoms with Crippen LogP contribution in [0.2, 0.25) is 0 Å². The molecule has 0 radical (unpaired) electrons. The summed E-state index contributed by atoms with van der Waals surface area (Å²) in [5.74, 6) is -0.734. The van der Waals surface area contributed by atoms with Gasteiger partial charge in [-0.05, 0) is 37.6 Å². The Kier molecular flexibility index (Phi) is 4.73. The normalized spacial score (nSPS) is 18.2. The van der Waals surface area contributed by atoms with Crippen LogP contribution in [0.25, 0.3) is 0 Å². The van der Waals surface area contributed by atoms with Crippen molar-refractivity contribution in [1.29, 1.82) is 0 Å². The fourth-order valence-corrected chi connectivity index (χ4v) is 3.84. The molecule has 0 saturated carbocycles. The number of halogens is 1. The quantitative estimate of drug-likeness (QED) is 0.754. The molecule has 1 spiro atoms. The highest BCUT2D eigenvalue weighted by Crippen LogP contribution is 2.47. The van der Waals surface area contributed by atoms with Crippen LogP contribution in [-0.4, -0.2) is 25.7 Å². The first-order valence-corrected chi connectivity index (χ1v) is 9.55. The van der Waals surface area contributed by atoms with E-state index < -0.39 is 5.79 Å². The summed E-state index contributed by atoms with van der Waals surface area (Å²) in [7, 11) is 0. The Bertz CT molecular complexity index is 832. The van der Waals surface area contributed by atoms with E-state index >= 15 is 0 Å². The molecule has 1 amide bonds. The number of benzene rings is 2. The highest BCUT2D eigenvalue weighted by atomic mass is 79.9. The number of anilines is 1. The van der Waals surface area contributed by atoms with Gasteiger partial charge in [0, 0.05) is 15.6 Å². The van der Waals surface area contributed by atoms with Gasteiger partial charge in [0.15, 0.2) is 0 Å². The van der Waals surface area contributed by atoms with E-state index in [1.54, 1.807) is 4.90 Å². The predicted octanol–water partition coefficient (Wildman–Crippen LogP) is 3.98. The third-order valence-corrected chi connectivity index (χ3v) is 5.12. The van der Waals surface area contributed by atoms with Gasteiger partial charge in [-0.25, -0.2) is 0 Å². The number of hydrogen-bond acceptors (Lipinski definition) is 4. The minimum atomic E-state index is -1.34. The number of carbonyl (C=O) groups is 1. The number of ether oxygens (including phenoxy) is 3. The number of para-hydroxylation sites is 1. The molecule has 2 aromatic carbocycles. The van der Waals surface area contributed by atoms with Crippen LogP contribution in [0, 0.1) is 0 Å². The number of amides is 1. The van der Waals surface area contributed by atoms with Gasteiger partial charge in [0.25, 0.3) is 11.7 Å². The van der Waals surface area contributed by atoms with Crippen LogP contribution < -0.4 is 9.64 Å². The third-order valence-electron chi connectivity index (χ3n) is 4.63. The van der Waals surface area contributed by atoms with Crippen molar-refractivity contribution >= 4 is 27.5 Å². The van der Waals surface area contributed by atoms with Crippen molar-refractivity contribution in [3.63, 3.8) is 0 Å². The Labute approximate surface area is 161 Å². The van der Waals surface area contributed by atoms with E-state index in [1.807, 2.05) is 49.4 Å². The molecule has 1 saturated heterocycles. The lowest BCUT2D eigenvalue weighted by Gasteiger charge is -2.32. The lowest BCUT2D eigenvalue weighted by Crippen LogP contribution is -2.47. The molecule has 0 aliphatic carbocycles. The highest BCUT2D eigenvalue weighted by molar-refractivity contribution is 9.10. The Morgan fingerprint density at radius 2 is 1.96 bits per heavy atom. The van der Waals surface area contributed by atoms with Gasteiger partial charge in [0.05, 0.1) is 32.1 Å². The lowest BCUT2D eigenvalue weighted by molar-refractivity contribution is -0.256. The van der Waals surface area contributed by atoms with E-state index in [-0.39, 0.29) is 5.91 Å². The minimum Gasteiger partial charge on any atom is -0.494 e. The molecule has 136 valence electrons. The fourth-order valence-electron chi connectivity index (χ4n) is 3.48.